The summed E-state index contributed by atoms with van der Waals surface area (Å²) in [7, 11) is 0. The Morgan fingerprint density at radius 3 is 2.72 bits per heavy atom. The molecule has 3 N–H and O–H groups in total. The van der Waals surface area contributed by atoms with Gasteiger partial charge in [0, 0.05) is 11.6 Å². The van der Waals surface area contributed by atoms with Crippen LogP contribution < -0.4 is 15.2 Å². The van der Waals surface area contributed by atoms with E-state index in [0.717, 1.165) is 16.5 Å². The van der Waals surface area contributed by atoms with Gasteiger partial charge < -0.3 is 20.3 Å². The molecular weight excluding hydrogens is 232 g/mol. The Kier molecular flexibility index (Phi) is 2.77. The highest BCUT2D eigenvalue weighted by Gasteiger charge is 2.16. The van der Waals surface area contributed by atoms with Gasteiger partial charge in [-0.3, -0.25) is 4.98 Å². The minimum Gasteiger partial charge on any atom is -0.486 e. The quantitative estimate of drug-likeness (QED) is 0.826. The van der Waals surface area contributed by atoms with Crippen LogP contribution in [-0.2, 0) is 0 Å². The van der Waals surface area contributed by atoms with Crippen LogP contribution in [-0.4, -0.2) is 29.9 Å². The Hall–Kier alpha value is -1.85. The van der Waals surface area contributed by atoms with Crippen LogP contribution in [0.2, 0.25) is 0 Å². The van der Waals surface area contributed by atoms with Gasteiger partial charge in [0.2, 0.25) is 0 Å². The first kappa shape index (κ1) is 11.3. The third-order valence-electron chi connectivity index (χ3n) is 3.01. The first-order chi connectivity index (χ1) is 8.79. The molecule has 1 unspecified atom stereocenters. The van der Waals surface area contributed by atoms with Crippen LogP contribution in [0.15, 0.2) is 24.4 Å². The summed E-state index contributed by atoms with van der Waals surface area (Å²) in [4.78, 5) is 4.25. The van der Waals surface area contributed by atoms with Crippen molar-refractivity contribution in [1.29, 1.82) is 0 Å². The highest BCUT2D eigenvalue weighted by Crippen LogP contribution is 2.36. The van der Waals surface area contributed by atoms with Crippen LogP contribution in [0.3, 0.4) is 0 Å². The molecule has 0 aliphatic carbocycles. The molecule has 0 saturated heterocycles. The molecule has 1 atom stereocenters. The average molecular weight is 246 g/mol. The van der Waals surface area contributed by atoms with Gasteiger partial charge in [-0.1, -0.05) is 0 Å². The molecule has 1 aromatic heterocycles. The third-order valence-corrected chi connectivity index (χ3v) is 3.01. The maximum atomic E-state index is 9.17. The van der Waals surface area contributed by atoms with E-state index in [1.165, 1.54) is 0 Å². The van der Waals surface area contributed by atoms with E-state index in [4.69, 9.17) is 20.3 Å². The monoisotopic (exact) mass is 246 g/mol. The van der Waals surface area contributed by atoms with Crippen molar-refractivity contribution in [3.8, 4) is 11.5 Å². The summed E-state index contributed by atoms with van der Waals surface area (Å²) in [6, 6.07) is 5.19. The molecule has 18 heavy (non-hydrogen) atoms. The van der Waals surface area contributed by atoms with Crippen molar-refractivity contribution in [3.63, 3.8) is 0 Å². The second kappa shape index (κ2) is 4.44. The van der Waals surface area contributed by atoms with E-state index < -0.39 is 6.04 Å². The minimum atomic E-state index is -0.490. The van der Waals surface area contributed by atoms with Crippen LogP contribution >= 0.6 is 0 Å². The number of hydrogen-bond donors (Lipinski definition) is 2. The summed E-state index contributed by atoms with van der Waals surface area (Å²) in [6.45, 7) is 0.966. The maximum absolute atomic E-state index is 9.17. The zero-order valence-electron chi connectivity index (χ0n) is 9.80. The number of nitrogens with zero attached hydrogens (tertiary/aromatic N) is 1. The SMILES string of the molecule is NC(CO)c1nccc2cc3c(cc12)OCCO3. The lowest BCUT2D eigenvalue weighted by atomic mass is 10.0. The fourth-order valence-electron chi connectivity index (χ4n) is 2.11. The number of rotatable bonds is 2. The van der Waals surface area contributed by atoms with E-state index in [-0.39, 0.29) is 6.61 Å². The second-order valence-electron chi connectivity index (χ2n) is 4.20. The first-order valence-electron chi connectivity index (χ1n) is 5.84. The molecule has 1 aromatic carbocycles. The van der Waals surface area contributed by atoms with Gasteiger partial charge in [0.15, 0.2) is 11.5 Å². The zero-order chi connectivity index (χ0) is 12.5. The van der Waals surface area contributed by atoms with Gasteiger partial charge in [-0.05, 0) is 23.6 Å². The molecule has 94 valence electrons. The highest BCUT2D eigenvalue weighted by atomic mass is 16.6. The molecule has 0 fully saturated rings. The fraction of sp³-hybridized carbons (Fsp3) is 0.308. The Balaban J connectivity index is 2.21. The van der Waals surface area contributed by atoms with E-state index in [9.17, 15) is 0 Å². The molecule has 0 amide bonds. The topological polar surface area (TPSA) is 77.6 Å². The van der Waals surface area contributed by atoms with Gasteiger partial charge in [-0.2, -0.15) is 0 Å². The number of ether oxygens (including phenoxy) is 2. The van der Waals surface area contributed by atoms with Crippen LogP contribution in [0.5, 0.6) is 11.5 Å². The van der Waals surface area contributed by atoms with Crippen molar-refractivity contribution >= 4 is 10.8 Å². The highest BCUT2D eigenvalue weighted by molar-refractivity contribution is 5.88. The van der Waals surface area contributed by atoms with Gasteiger partial charge >= 0.3 is 0 Å². The normalized spacial score (nSPS) is 15.7. The smallest absolute Gasteiger partial charge is 0.162 e. The summed E-state index contributed by atoms with van der Waals surface area (Å²) in [5, 5.41) is 11.0. The van der Waals surface area contributed by atoms with Gasteiger partial charge in [0.05, 0.1) is 18.3 Å². The van der Waals surface area contributed by atoms with Crippen LogP contribution in [0.25, 0.3) is 10.8 Å². The zero-order valence-corrected chi connectivity index (χ0v) is 9.80. The Morgan fingerprint density at radius 2 is 2.00 bits per heavy atom. The Bertz CT molecular complexity index is 586. The van der Waals surface area contributed by atoms with Crippen LogP contribution in [0.1, 0.15) is 11.7 Å². The lowest BCUT2D eigenvalue weighted by Crippen LogP contribution is -2.17. The molecule has 5 nitrogen and oxygen atoms in total. The molecule has 5 heteroatoms. The minimum absolute atomic E-state index is 0.138. The molecule has 2 aromatic rings. The number of aliphatic hydroxyl groups is 1. The number of aromatic nitrogens is 1. The molecule has 0 bridgehead atoms. The van der Waals surface area contributed by atoms with E-state index in [0.29, 0.717) is 24.7 Å². The van der Waals surface area contributed by atoms with Crippen molar-refractivity contribution in [2.45, 2.75) is 6.04 Å². The molecule has 0 radical (unpaired) electrons. The predicted octanol–water partition coefficient (Wildman–Crippen LogP) is 0.998. The molecule has 3 rings (SSSR count). The molecule has 1 aliphatic rings. The predicted molar refractivity (Wildman–Crippen MR) is 66.7 cm³/mol. The molecule has 0 spiro atoms. The number of pyridine rings is 1. The summed E-state index contributed by atoms with van der Waals surface area (Å²) in [6.07, 6.45) is 1.68. The van der Waals surface area contributed by atoms with Crippen LogP contribution in [0, 0.1) is 0 Å². The number of fused-ring (bicyclic) bond motifs is 2. The Labute approximate surface area is 104 Å². The van der Waals surface area contributed by atoms with E-state index in [1.807, 2.05) is 18.2 Å². The summed E-state index contributed by atoms with van der Waals surface area (Å²) < 4.78 is 11.1. The van der Waals surface area contributed by atoms with Gasteiger partial charge in [0.25, 0.3) is 0 Å². The van der Waals surface area contributed by atoms with Crippen LogP contribution in [0.4, 0.5) is 0 Å². The van der Waals surface area contributed by atoms with Crippen molar-refractivity contribution < 1.29 is 14.6 Å². The lowest BCUT2D eigenvalue weighted by Gasteiger charge is -2.20. The lowest BCUT2D eigenvalue weighted by molar-refractivity contribution is 0.172. The summed E-state index contributed by atoms with van der Waals surface area (Å²) >= 11 is 0. The van der Waals surface area contributed by atoms with Crippen molar-refractivity contribution in [2.75, 3.05) is 19.8 Å². The fourth-order valence-corrected chi connectivity index (χ4v) is 2.11. The summed E-state index contributed by atoms with van der Waals surface area (Å²) in [5.74, 6) is 1.44. The van der Waals surface area contributed by atoms with Gasteiger partial charge in [-0.25, -0.2) is 0 Å². The van der Waals surface area contributed by atoms with E-state index in [1.54, 1.807) is 6.20 Å². The van der Waals surface area contributed by atoms with Crippen molar-refractivity contribution in [3.05, 3.63) is 30.1 Å². The van der Waals surface area contributed by atoms with E-state index >= 15 is 0 Å². The van der Waals surface area contributed by atoms with Crippen molar-refractivity contribution in [1.82, 2.24) is 4.98 Å². The molecule has 0 saturated carbocycles. The second-order valence-corrected chi connectivity index (χ2v) is 4.20. The number of aliphatic hydroxyl groups excluding tert-OH is 1. The number of nitrogens with two attached hydrogens (primary N) is 1. The summed E-state index contributed by atoms with van der Waals surface area (Å²) in [5.41, 5.74) is 6.52. The van der Waals surface area contributed by atoms with Gasteiger partial charge in [0.1, 0.15) is 13.2 Å². The number of benzene rings is 1. The molecule has 1 aliphatic heterocycles. The largest absolute Gasteiger partial charge is 0.486 e. The number of hydrogen-bond acceptors (Lipinski definition) is 5. The van der Waals surface area contributed by atoms with E-state index in [2.05, 4.69) is 4.98 Å². The third kappa shape index (κ3) is 1.77. The first-order valence-corrected chi connectivity index (χ1v) is 5.84. The van der Waals surface area contributed by atoms with Gasteiger partial charge in [-0.15, -0.1) is 0 Å². The Morgan fingerprint density at radius 1 is 1.28 bits per heavy atom. The molecule has 2 heterocycles. The maximum Gasteiger partial charge on any atom is 0.162 e. The molecular formula is C13H14N2O3. The van der Waals surface area contributed by atoms with Crippen molar-refractivity contribution in [2.24, 2.45) is 5.73 Å². The average Bonchev–Trinajstić information content (AvgIpc) is 2.43. The standard InChI is InChI=1S/C13H14N2O3/c14-10(7-16)13-9-6-12-11(17-3-4-18-12)5-8(9)1-2-15-13/h1-2,5-6,10,16H,3-4,7,14H2.